The molecule has 0 aromatic heterocycles. The third kappa shape index (κ3) is 4.30. The largest absolute Gasteiger partial charge is 0.328 e. The van der Waals surface area contributed by atoms with Crippen LogP contribution in [0.2, 0.25) is 0 Å². The molecular weight excluding hydrogens is 300 g/mol. The first-order chi connectivity index (χ1) is 9.06. The maximum atomic E-state index is 5.99. The summed E-state index contributed by atoms with van der Waals surface area (Å²) in [7, 11) is 2.27. The van der Waals surface area contributed by atoms with E-state index in [4.69, 9.17) is 5.73 Å². The molecule has 1 aromatic rings. The van der Waals surface area contributed by atoms with Crippen LogP contribution in [0.5, 0.6) is 0 Å². The van der Waals surface area contributed by atoms with Gasteiger partial charge in [-0.1, -0.05) is 28.1 Å². The number of halogens is 1. The van der Waals surface area contributed by atoms with Crippen molar-refractivity contribution in [2.45, 2.75) is 57.2 Å². The second kappa shape index (κ2) is 6.87. The van der Waals surface area contributed by atoms with Crippen LogP contribution in [-0.2, 0) is 6.42 Å². The first-order valence-corrected chi connectivity index (χ1v) is 8.07. The van der Waals surface area contributed by atoms with E-state index >= 15 is 0 Å². The Labute approximate surface area is 125 Å². The van der Waals surface area contributed by atoms with E-state index in [0.29, 0.717) is 18.1 Å². The number of nitrogens with zero attached hydrogens (tertiary/aromatic N) is 1. The second-order valence-corrected chi connectivity index (χ2v) is 6.83. The third-order valence-electron chi connectivity index (χ3n) is 4.46. The van der Waals surface area contributed by atoms with Crippen LogP contribution in [0.15, 0.2) is 28.7 Å². The molecular formula is C16H25BrN2. The minimum Gasteiger partial charge on any atom is -0.328 e. The number of hydrogen-bond acceptors (Lipinski definition) is 2. The fourth-order valence-electron chi connectivity index (χ4n) is 2.97. The minimum absolute atomic E-state index is 0.437. The van der Waals surface area contributed by atoms with E-state index in [2.05, 4.69) is 59.1 Å². The highest BCUT2D eigenvalue weighted by molar-refractivity contribution is 9.10. The lowest BCUT2D eigenvalue weighted by Gasteiger charge is -2.37. The van der Waals surface area contributed by atoms with E-state index in [1.165, 1.54) is 31.2 Å². The number of hydrogen-bond donors (Lipinski definition) is 1. The molecule has 0 bridgehead atoms. The fraction of sp³-hybridized carbons (Fsp3) is 0.625. The van der Waals surface area contributed by atoms with Crippen molar-refractivity contribution in [3.8, 4) is 0 Å². The van der Waals surface area contributed by atoms with Gasteiger partial charge in [-0.15, -0.1) is 0 Å². The van der Waals surface area contributed by atoms with Crippen molar-refractivity contribution < 1.29 is 0 Å². The van der Waals surface area contributed by atoms with Crippen LogP contribution in [0.4, 0.5) is 0 Å². The van der Waals surface area contributed by atoms with Gasteiger partial charge in [0.05, 0.1) is 0 Å². The highest BCUT2D eigenvalue weighted by Crippen LogP contribution is 2.23. The summed E-state index contributed by atoms with van der Waals surface area (Å²) in [5, 5.41) is 0. The van der Waals surface area contributed by atoms with Crippen molar-refractivity contribution >= 4 is 15.9 Å². The molecule has 19 heavy (non-hydrogen) atoms. The zero-order valence-electron chi connectivity index (χ0n) is 12.0. The van der Waals surface area contributed by atoms with Crippen LogP contribution in [-0.4, -0.2) is 30.1 Å². The number of rotatable bonds is 4. The molecule has 0 saturated heterocycles. The second-order valence-electron chi connectivity index (χ2n) is 5.91. The quantitative estimate of drug-likeness (QED) is 0.917. The smallest absolute Gasteiger partial charge is 0.0175 e. The topological polar surface area (TPSA) is 29.3 Å². The van der Waals surface area contributed by atoms with Crippen molar-refractivity contribution in [2.75, 3.05) is 7.05 Å². The molecule has 0 heterocycles. The molecule has 2 rings (SSSR count). The lowest BCUT2D eigenvalue weighted by Crippen LogP contribution is -2.43. The van der Waals surface area contributed by atoms with Gasteiger partial charge < -0.3 is 10.6 Å². The normalized spacial score (nSPS) is 25.5. The molecule has 0 spiro atoms. The van der Waals surface area contributed by atoms with E-state index in [1.54, 1.807) is 0 Å². The summed E-state index contributed by atoms with van der Waals surface area (Å²) in [5.74, 6) is 0. The average molecular weight is 325 g/mol. The summed E-state index contributed by atoms with van der Waals surface area (Å²) < 4.78 is 1.15. The zero-order chi connectivity index (χ0) is 13.8. The maximum Gasteiger partial charge on any atom is 0.0175 e. The van der Waals surface area contributed by atoms with E-state index in [-0.39, 0.29) is 0 Å². The summed E-state index contributed by atoms with van der Waals surface area (Å²) in [6.45, 7) is 2.33. The lowest BCUT2D eigenvalue weighted by atomic mass is 9.90. The summed E-state index contributed by atoms with van der Waals surface area (Å²) in [6, 6.07) is 10.4. The Morgan fingerprint density at radius 2 is 1.79 bits per heavy atom. The molecule has 2 nitrogen and oxygen atoms in total. The van der Waals surface area contributed by atoms with Gasteiger partial charge in [-0.3, -0.25) is 0 Å². The van der Waals surface area contributed by atoms with Gasteiger partial charge in [0, 0.05) is 22.6 Å². The molecule has 1 aliphatic rings. The van der Waals surface area contributed by atoms with E-state index in [0.717, 1.165) is 10.9 Å². The molecule has 2 N–H and O–H groups in total. The summed E-state index contributed by atoms with van der Waals surface area (Å²) in [4.78, 5) is 2.55. The molecule has 1 aliphatic carbocycles. The van der Waals surface area contributed by atoms with Gasteiger partial charge in [-0.2, -0.15) is 0 Å². The van der Waals surface area contributed by atoms with Crippen molar-refractivity contribution in [2.24, 2.45) is 5.73 Å². The Balaban J connectivity index is 1.88. The molecule has 1 saturated carbocycles. The first kappa shape index (κ1) is 15.0. The monoisotopic (exact) mass is 324 g/mol. The summed E-state index contributed by atoms with van der Waals surface area (Å²) >= 11 is 3.49. The van der Waals surface area contributed by atoms with Gasteiger partial charge in [-0.25, -0.2) is 0 Å². The van der Waals surface area contributed by atoms with Crippen LogP contribution in [0.25, 0.3) is 0 Å². The molecule has 1 unspecified atom stereocenters. The summed E-state index contributed by atoms with van der Waals surface area (Å²) in [6.07, 6.45) is 5.98. The maximum absolute atomic E-state index is 5.99. The predicted octanol–water partition coefficient (Wildman–Crippen LogP) is 3.58. The molecule has 3 heteroatoms. The molecule has 0 amide bonds. The molecule has 0 radical (unpaired) electrons. The van der Waals surface area contributed by atoms with Crippen molar-refractivity contribution in [1.82, 2.24) is 4.90 Å². The average Bonchev–Trinajstić information content (AvgIpc) is 2.41. The van der Waals surface area contributed by atoms with Crippen LogP contribution >= 0.6 is 15.9 Å². The Morgan fingerprint density at radius 3 is 2.37 bits per heavy atom. The number of benzene rings is 1. The van der Waals surface area contributed by atoms with Crippen LogP contribution in [0, 0.1) is 0 Å². The van der Waals surface area contributed by atoms with Gasteiger partial charge in [0.25, 0.3) is 0 Å². The third-order valence-corrected chi connectivity index (χ3v) is 4.99. The van der Waals surface area contributed by atoms with E-state index < -0.39 is 0 Å². The Morgan fingerprint density at radius 1 is 1.21 bits per heavy atom. The molecule has 0 aliphatic heterocycles. The van der Waals surface area contributed by atoms with Gasteiger partial charge in [0.2, 0.25) is 0 Å². The SMILES string of the molecule is CC(Cc1ccc(Br)cc1)N(C)C1CCC(N)CC1. The molecule has 1 aromatic carbocycles. The highest BCUT2D eigenvalue weighted by Gasteiger charge is 2.24. The van der Waals surface area contributed by atoms with E-state index in [9.17, 15) is 0 Å². The van der Waals surface area contributed by atoms with Gasteiger partial charge in [0.15, 0.2) is 0 Å². The summed E-state index contributed by atoms with van der Waals surface area (Å²) in [5.41, 5.74) is 7.40. The van der Waals surface area contributed by atoms with Gasteiger partial charge in [0.1, 0.15) is 0 Å². The highest BCUT2D eigenvalue weighted by atomic mass is 79.9. The molecule has 1 fully saturated rings. The Bertz CT molecular complexity index is 382. The molecule has 106 valence electrons. The van der Waals surface area contributed by atoms with Gasteiger partial charge in [-0.05, 0) is 63.8 Å². The van der Waals surface area contributed by atoms with Crippen molar-refractivity contribution in [3.63, 3.8) is 0 Å². The zero-order valence-corrected chi connectivity index (χ0v) is 13.6. The number of likely N-dealkylation sites (N-methyl/N-ethyl adjacent to an activating group) is 1. The lowest BCUT2D eigenvalue weighted by molar-refractivity contribution is 0.140. The first-order valence-electron chi connectivity index (χ1n) is 7.28. The van der Waals surface area contributed by atoms with Crippen molar-refractivity contribution in [3.05, 3.63) is 34.3 Å². The Hall–Kier alpha value is -0.380. The van der Waals surface area contributed by atoms with Gasteiger partial charge >= 0.3 is 0 Å². The van der Waals surface area contributed by atoms with Crippen LogP contribution in [0.1, 0.15) is 38.2 Å². The standard InChI is InChI=1S/C16H25BrN2/c1-12(11-13-3-5-14(17)6-4-13)19(2)16-9-7-15(18)8-10-16/h3-6,12,15-16H,7-11,18H2,1-2H3. The predicted molar refractivity (Wildman–Crippen MR) is 85.3 cm³/mol. The fourth-order valence-corrected chi connectivity index (χ4v) is 3.24. The van der Waals surface area contributed by atoms with E-state index in [1.807, 2.05) is 0 Å². The Kier molecular flexibility index (Phi) is 5.43. The number of nitrogens with two attached hydrogens (primary N) is 1. The van der Waals surface area contributed by atoms with Crippen LogP contribution in [0.3, 0.4) is 0 Å². The molecule has 1 atom stereocenters. The minimum atomic E-state index is 0.437. The van der Waals surface area contributed by atoms with Crippen LogP contribution < -0.4 is 5.73 Å². The van der Waals surface area contributed by atoms with Crippen molar-refractivity contribution in [1.29, 1.82) is 0 Å².